The number of nitrogens with one attached hydrogen (secondary N) is 1. The predicted molar refractivity (Wildman–Crippen MR) is 90.4 cm³/mol. The molecular weight excluding hydrogens is 382 g/mol. The van der Waals surface area contributed by atoms with Crippen LogP contribution in [0.3, 0.4) is 0 Å². The lowest BCUT2D eigenvalue weighted by Gasteiger charge is -2.21. The van der Waals surface area contributed by atoms with E-state index in [1.54, 1.807) is 7.11 Å². The topological polar surface area (TPSA) is 21.3 Å². The van der Waals surface area contributed by atoms with Gasteiger partial charge in [-0.25, -0.2) is 0 Å². The lowest BCUT2D eigenvalue weighted by atomic mass is 9.98. The molecule has 0 saturated carbocycles. The first-order chi connectivity index (χ1) is 9.65. The lowest BCUT2D eigenvalue weighted by Crippen LogP contribution is -2.22. The third kappa shape index (κ3) is 3.62. The fourth-order valence-corrected chi connectivity index (χ4v) is 2.99. The highest BCUT2D eigenvalue weighted by atomic mass is 79.9. The molecule has 2 aromatic rings. The van der Waals surface area contributed by atoms with Crippen molar-refractivity contribution in [3.63, 3.8) is 0 Å². The van der Waals surface area contributed by atoms with E-state index in [0.29, 0.717) is 0 Å². The first-order valence-corrected chi connectivity index (χ1v) is 8.06. The maximum Gasteiger partial charge on any atom is 0.120 e. The Morgan fingerprint density at radius 2 is 1.80 bits per heavy atom. The molecule has 1 unspecified atom stereocenters. The zero-order chi connectivity index (χ0) is 14.5. The van der Waals surface area contributed by atoms with E-state index in [4.69, 9.17) is 4.74 Å². The van der Waals surface area contributed by atoms with E-state index in [-0.39, 0.29) is 6.04 Å². The van der Waals surface area contributed by atoms with Crippen molar-refractivity contribution in [1.82, 2.24) is 5.32 Å². The Labute approximate surface area is 136 Å². The summed E-state index contributed by atoms with van der Waals surface area (Å²) in [5, 5.41) is 3.53. The van der Waals surface area contributed by atoms with Crippen LogP contribution in [0, 0.1) is 0 Å². The van der Waals surface area contributed by atoms with Crippen LogP contribution < -0.4 is 10.1 Å². The predicted octanol–water partition coefficient (Wildman–Crippen LogP) is 4.92. The summed E-state index contributed by atoms with van der Waals surface area (Å²) in [6.07, 6.45) is 0. The Kier molecular flexibility index (Phi) is 5.64. The van der Waals surface area contributed by atoms with Crippen LogP contribution in [0.25, 0.3) is 0 Å². The zero-order valence-electron chi connectivity index (χ0n) is 11.5. The van der Waals surface area contributed by atoms with Gasteiger partial charge in [0.2, 0.25) is 0 Å². The molecule has 4 heteroatoms. The van der Waals surface area contributed by atoms with Gasteiger partial charge in [0, 0.05) is 8.95 Å². The fraction of sp³-hybridized carbons (Fsp3) is 0.250. The molecule has 0 bridgehead atoms. The van der Waals surface area contributed by atoms with Gasteiger partial charge in [0.1, 0.15) is 5.75 Å². The number of methoxy groups -OCH3 is 1. The van der Waals surface area contributed by atoms with E-state index < -0.39 is 0 Å². The molecule has 106 valence electrons. The minimum Gasteiger partial charge on any atom is -0.497 e. The maximum absolute atomic E-state index is 5.25. The van der Waals surface area contributed by atoms with E-state index in [2.05, 4.69) is 74.4 Å². The van der Waals surface area contributed by atoms with Crippen LogP contribution in [0.2, 0.25) is 0 Å². The standard InChI is InChI=1S/C16H17Br2NO/c1-3-19-16(11-4-6-12(17)7-5-11)14-9-8-13(20-2)10-15(14)18/h4-10,16,19H,3H2,1-2H3. The SMILES string of the molecule is CCNC(c1ccc(Br)cc1)c1ccc(OC)cc1Br. The van der Waals surface area contributed by atoms with Crippen molar-refractivity contribution >= 4 is 31.9 Å². The Hall–Kier alpha value is -0.840. The van der Waals surface area contributed by atoms with Crippen molar-refractivity contribution in [3.8, 4) is 5.75 Å². The van der Waals surface area contributed by atoms with Crippen LogP contribution in [-0.4, -0.2) is 13.7 Å². The monoisotopic (exact) mass is 397 g/mol. The van der Waals surface area contributed by atoms with Gasteiger partial charge in [-0.1, -0.05) is 57.0 Å². The molecule has 0 fully saturated rings. The summed E-state index contributed by atoms with van der Waals surface area (Å²) < 4.78 is 7.39. The number of halogens is 2. The van der Waals surface area contributed by atoms with Crippen LogP contribution in [0.15, 0.2) is 51.4 Å². The minimum absolute atomic E-state index is 0.161. The summed E-state index contributed by atoms with van der Waals surface area (Å²) in [4.78, 5) is 0. The van der Waals surface area contributed by atoms with Crippen molar-refractivity contribution in [2.75, 3.05) is 13.7 Å². The van der Waals surface area contributed by atoms with Gasteiger partial charge < -0.3 is 10.1 Å². The number of benzene rings is 2. The largest absolute Gasteiger partial charge is 0.497 e. The molecule has 0 amide bonds. The molecule has 0 aliphatic carbocycles. The third-order valence-electron chi connectivity index (χ3n) is 3.13. The average molecular weight is 399 g/mol. The van der Waals surface area contributed by atoms with Gasteiger partial charge in [0.25, 0.3) is 0 Å². The van der Waals surface area contributed by atoms with E-state index in [0.717, 1.165) is 21.2 Å². The number of hydrogen-bond donors (Lipinski definition) is 1. The van der Waals surface area contributed by atoms with Gasteiger partial charge in [-0.05, 0) is 41.9 Å². The Bertz CT molecular complexity index is 569. The average Bonchev–Trinajstić information content (AvgIpc) is 2.46. The van der Waals surface area contributed by atoms with Gasteiger partial charge in [-0.15, -0.1) is 0 Å². The van der Waals surface area contributed by atoms with Crippen molar-refractivity contribution in [3.05, 3.63) is 62.5 Å². The summed E-state index contributed by atoms with van der Waals surface area (Å²) in [6.45, 7) is 3.02. The van der Waals surface area contributed by atoms with Crippen molar-refractivity contribution in [1.29, 1.82) is 0 Å². The van der Waals surface area contributed by atoms with Crippen molar-refractivity contribution in [2.24, 2.45) is 0 Å². The van der Waals surface area contributed by atoms with Crippen LogP contribution in [0.1, 0.15) is 24.1 Å². The smallest absolute Gasteiger partial charge is 0.120 e. The van der Waals surface area contributed by atoms with Crippen LogP contribution in [-0.2, 0) is 0 Å². The van der Waals surface area contributed by atoms with Gasteiger partial charge in [0.05, 0.1) is 13.2 Å². The van der Waals surface area contributed by atoms with E-state index in [1.165, 1.54) is 11.1 Å². The van der Waals surface area contributed by atoms with E-state index in [1.807, 2.05) is 12.1 Å². The Morgan fingerprint density at radius 1 is 1.10 bits per heavy atom. The molecule has 0 aliphatic heterocycles. The molecule has 2 aromatic carbocycles. The normalized spacial score (nSPS) is 12.2. The van der Waals surface area contributed by atoms with Crippen LogP contribution in [0.4, 0.5) is 0 Å². The van der Waals surface area contributed by atoms with Crippen molar-refractivity contribution in [2.45, 2.75) is 13.0 Å². The molecule has 0 saturated heterocycles. The zero-order valence-corrected chi connectivity index (χ0v) is 14.7. The summed E-state index contributed by atoms with van der Waals surface area (Å²) in [5.74, 6) is 0.853. The second-order valence-electron chi connectivity index (χ2n) is 4.43. The summed E-state index contributed by atoms with van der Waals surface area (Å²) >= 11 is 7.12. The second kappa shape index (κ2) is 7.25. The number of ether oxygens (including phenoxy) is 1. The van der Waals surface area contributed by atoms with Gasteiger partial charge in [0.15, 0.2) is 0 Å². The highest BCUT2D eigenvalue weighted by Crippen LogP contribution is 2.31. The Balaban J connectivity index is 2.40. The minimum atomic E-state index is 0.161. The molecule has 0 aromatic heterocycles. The molecule has 0 aliphatic rings. The van der Waals surface area contributed by atoms with Crippen LogP contribution in [0.5, 0.6) is 5.75 Å². The molecule has 20 heavy (non-hydrogen) atoms. The highest BCUT2D eigenvalue weighted by molar-refractivity contribution is 9.10. The molecular formula is C16H17Br2NO. The highest BCUT2D eigenvalue weighted by Gasteiger charge is 2.16. The molecule has 1 atom stereocenters. The molecule has 2 nitrogen and oxygen atoms in total. The third-order valence-corrected chi connectivity index (χ3v) is 4.35. The Morgan fingerprint density at radius 3 is 2.35 bits per heavy atom. The van der Waals surface area contributed by atoms with E-state index in [9.17, 15) is 0 Å². The number of rotatable bonds is 5. The summed E-state index contributed by atoms with van der Waals surface area (Å²) in [5.41, 5.74) is 2.44. The number of hydrogen-bond acceptors (Lipinski definition) is 2. The summed E-state index contributed by atoms with van der Waals surface area (Å²) in [6, 6.07) is 14.6. The van der Waals surface area contributed by atoms with E-state index >= 15 is 0 Å². The summed E-state index contributed by atoms with van der Waals surface area (Å²) in [7, 11) is 1.68. The maximum atomic E-state index is 5.25. The van der Waals surface area contributed by atoms with Crippen LogP contribution >= 0.6 is 31.9 Å². The fourth-order valence-electron chi connectivity index (χ4n) is 2.14. The molecule has 2 rings (SSSR count). The van der Waals surface area contributed by atoms with Gasteiger partial charge in [-0.2, -0.15) is 0 Å². The lowest BCUT2D eigenvalue weighted by molar-refractivity contribution is 0.414. The molecule has 0 heterocycles. The quantitative estimate of drug-likeness (QED) is 0.771. The molecule has 0 spiro atoms. The first kappa shape index (κ1) is 15.5. The second-order valence-corrected chi connectivity index (χ2v) is 6.20. The van der Waals surface area contributed by atoms with Gasteiger partial charge in [-0.3, -0.25) is 0 Å². The molecule has 0 radical (unpaired) electrons. The van der Waals surface area contributed by atoms with Gasteiger partial charge >= 0.3 is 0 Å². The molecule has 1 N–H and O–H groups in total. The first-order valence-electron chi connectivity index (χ1n) is 6.48. The van der Waals surface area contributed by atoms with Crippen molar-refractivity contribution < 1.29 is 4.74 Å².